The highest BCUT2D eigenvalue weighted by Gasteiger charge is 2.40. The molecular weight excluding hydrogens is 410 g/mol. The quantitative estimate of drug-likeness (QED) is 0.545. The van der Waals surface area contributed by atoms with Gasteiger partial charge in [0.15, 0.2) is 0 Å². The van der Waals surface area contributed by atoms with Crippen LogP contribution in [-0.2, 0) is 19.6 Å². The van der Waals surface area contributed by atoms with Gasteiger partial charge in [0.05, 0.1) is 19.3 Å². The zero-order valence-electron chi connectivity index (χ0n) is 20.6. The molecule has 4 rings (SSSR count). The topological polar surface area (TPSA) is 55.2 Å². The van der Waals surface area contributed by atoms with Crippen molar-refractivity contribution in [1.29, 1.82) is 0 Å². The molecule has 0 atom stereocenters. The van der Waals surface area contributed by atoms with E-state index in [1.54, 1.807) is 7.11 Å². The molecule has 3 heterocycles. The van der Waals surface area contributed by atoms with Crippen LogP contribution in [0.2, 0.25) is 0 Å². The maximum atomic E-state index is 5.65. The van der Waals surface area contributed by atoms with Crippen LogP contribution in [0.25, 0.3) is 0 Å². The Bertz CT molecular complexity index is 1010. The Labute approximate surface area is 198 Å². The Kier molecular flexibility index (Phi) is 6.86. The van der Waals surface area contributed by atoms with Gasteiger partial charge in [-0.3, -0.25) is 14.6 Å². The van der Waals surface area contributed by atoms with Gasteiger partial charge in [0.25, 0.3) is 0 Å². The number of ether oxygens (including phenoxy) is 1. The lowest BCUT2D eigenvalue weighted by Crippen LogP contribution is -2.62. The zero-order chi connectivity index (χ0) is 23.5. The molecule has 3 aromatic rings. The van der Waals surface area contributed by atoms with Crippen molar-refractivity contribution in [3.8, 4) is 5.75 Å². The SMILES string of the molecule is COc1ccc(CN(Cc2ccccn2)C2CC(C)(C)NC(C)(C)C2)cc1Cn1cccn1. The van der Waals surface area contributed by atoms with Crippen LogP contribution in [0, 0.1) is 0 Å². The smallest absolute Gasteiger partial charge is 0.123 e. The highest BCUT2D eigenvalue weighted by Crippen LogP contribution is 2.33. The average Bonchev–Trinajstić information content (AvgIpc) is 3.25. The molecule has 1 aromatic carbocycles. The van der Waals surface area contributed by atoms with E-state index in [0.29, 0.717) is 12.6 Å². The highest BCUT2D eigenvalue weighted by atomic mass is 16.5. The number of hydrogen-bond acceptors (Lipinski definition) is 5. The monoisotopic (exact) mass is 447 g/mol. The van der Waals surface area contributed by atoms with E-state index < -0.39 is 0 Å². The Morgan fingerprint density at radius 1 is 1.03 bits per heavy atom. The number of nitrogens with one attached hydrogen (secondary N) is 1. The molecule has 1 aliphatic heterocycles. The number of hydrogen-bond donors (Lipinski definition) is 1. The molecule has 0 saturated carbocycles. The van der Waals surface area contributed by atoms with Gasteiger partial charge in [0.1, 0.15) is 5.75 Å². The summed E-state index contributed by atoms with van der Waals surface area (Å²) >= 11 is 0. The van der Waals surface area contributed by atoms with E-state index in [4.69, 9.17) is 4.74 Å². The molecule has 6 heteroatoms. The molecule has 0 amide bonds. The molecule has 6 nitrogen and oxygen atoms in total. The summed E-state index contributed by atoms with van der Waals surface area (Å²) in [6, 6.07) is 15.1. The molecule has 1 saturated heterocycles. The van der Waals surface area contributed by atoms with Crippen molar-refractivity contribution >= 4 is 0 Å². The van der Waals surface area contributed by atoms with Crippen LogP contribution in [0.4, 0.5) is 0 Å². The fourth-order valence-electron chi connectivity index (χ4n) is 5.40. The van der Waals surface area contributed by atoms with Crippen molar-refractivity contribution in [2.24, 2.45) is 0 Å². The first-order valence-electron chi connectivity index (χ1n) is 11.8. The summed E-state index contributed by atoms with van der Waals surface area (Å²) in [4.78, 5) is 7.24. The van der Waals surface area contributed by atoms with Crippen LogP contribution in [0.3, 0.4) is 0 Å². The first-order chi connectivity index (χ1) is 15.7. The standard InChI is InChI=1S/C27H37N5O/c1-26(2)16-24(17-27(3,4)30-26)31(20-23-9-6-7-12-28-23)18-21-10-11-25(33-5)22(15-21)19-32-14-8-13-29-32/h6-15,24,30H,16-20H2,1-5H3. The third kappa shape index (κ3) is 6.21. The van der Waals surface area contributed by atoms with Crippen molar-refractivity contribution in [2.45, 2.75) is 77.3 Å². The van der Waals surface area contributed by atoms with Crippen molar-refractivity contribution < 1.29 is 4.74 Å². The second-order valence-corrected chi connectivity index (χ2v) is 10.5. The van der Waals surface area contributed by atoms with Gasteiger partial charge in [-0.15, -0.1) is 0 Å². The first kappa shape index (κ1) is 23.5. The van der Waals surface area contributed by atoms with Crippen LogP contribution in [-0.4, -0.2) is 43.9 Å². The molecule has 0 spiro atoms. The van der Waals surface area contributed by atoms with Crippen LogP contribution < -0.4 is 10.1 Å². The summed E-state index contributed by atoms with van der Waals surface area (Å²) in [5.41, 5.74) is 3.70. The van der Waals surface area contributed by atoms with Gasteiger partial charge in [-0.2, -0.15) is 5.10 Å². The fraction of sp³-hybridized carbons (Fsp3) is 0.481. The van der Waals surface area contributed by atoms with Gasteiger partial charge in [0.2, 0.25) is 0 Å². The summed E-state index contributed by atoms with van der Waals surface area (Å²) in [5.74, 6) is 0.898. The lowest BCUT2D eigenvalue weighted by molar-refractivity contribution is 0.0556. The van der Waals surface area contributed by atoms with E-state index in [9.17, 15) is 0 Å². The molecule has 0 bridgehead atoms. The molecule has 1 fully saturated rings. The molecule has 2 aromatic heterocycles. The van der Waals surface area contributed by atoms with Crippen LogP contribution in [0.15, 0.2) is 61.1 Å². The average molecular weight is 448 g/mol. The first-order valence-corrected chi connectivity index (χ1v) is 11.8. The third-order valence-corrected chi connectivity index (χ3v) is 6.40. The second kappa shape index (κ2) is 9.65. The van der Waals surface area contributed by atoms with Crippen molar-refractivity contribution in [3.05, 3.63) is 77.9 Å². The molecule has 0 unspecified atom stereocenters. The van der Waals surface area contributed by atoms with Crippen molar-refractivity contribution in [2.75, 3.05) is 7.11 Å². The number of methoxy groups -OCH3 is 1. The Balaban J connectivity index is 1.62. The second-order valence-electron chi connectivity index (χ2n) is 10.5. The molecule has 1 N–H and O–H groups in total. The van der Waals surface area contributed by atoms with Crippen molar-refractivity contribution in [1.82, 2.24) is 25.0 Å². The molecule has 176 valence electrons. The minimum absolute atomic E-state index is 0.0833. The third-order valence-electron chi connectivity index (χ3n) is 6.40. The minimum Gasteiger partial charge on any atom is -0.496 e. The Hall–Kier alpha value is -2.70. The number of nitrogens with zero attached hydrogens (tertiary/aromatic N) is 4. The lowest BCUT2D eigenvalue weighted by atomic mass is 9.79. The number of piperidine rings is 1. The lowest BCUT2D eigenvalue weighted by Gasteiger charge is -2.49. The van der Waals surface area contributed by atoms with E-state index in [1.165, 1.54) is 5.56 Å². The molecule has 33 heavy (non-hydrogen) atoms. The zero-order valence-corrected chi connectivity index (χ0v) is 20.6. The summed E-state index contributed by atoms with van der Waals surface area (Å²) in [6.45, 7) is 11.6. The number of rotatable bonds is 8. The van der Waals surface area contributed by atoms with E-state index in [-0.39, 0.29) is 11.1 Å². The van der Waals surface area contributed by atoms with Gasteiger partial charge in [-0.1, -0.05) is 12.1 Å². The minimum atomic E-state index is 0.0833. The van der Waals surface area contributed by atoms with Gasteiger partial charge in [-0.05, 0) is 76.4 Å². The van der Waals surface area contributed by atoms with Crippen LogP contribution in [0.5, 0.6) is 5.75 Å². The largest absolute Gasteiger partial charge is 0.496 e. The molecule has 1 aliphatic rings. The summed E-state index contributed by atoms with van der Waals surface area (Å²) in [6.07, 6.45) is 7.88. The number of aromatic nitrogens is 3. The summed E-state index contributed by atoms with van der Waals surface area (Å²) in [5, 5.41) is 8.20. The summed E-state index contributed by atoms with van der Waals surface area (Å²) in [7, 11) is 1.73. The maximum Gasteiger partial charge on any atom is 0.123 e. The van der Waals surface area contributed by atoms with E-state index >= 15 is 0 Å². The molecular formula is C27H37N5O. The van der Waals surface area contributed by atoms with E-state index in [2.05, 4.69) is 78.3 Å². The predicted octanol–water partition coefficient (Wildman–Crippen LogP) is 4.65. The molecule has 0 radical (unpaired) electrons. The Morgan fingerprint density at radius 3 is 2.45 bits per heavy atom. The van der Waals surface area contributed by atoms with Gasteiger partial charge in [0, 0.05) is 54.4 Å². The van der Waals surface area contributed by atoms with Crippen LogP contribution in [0.1, 0.15) is 57.4 Å². The number of benzene rings is 1. The predicted molar refractivity (Wildman–Crippen MR) is 132 cm³/mol. The number of pyridine rings is 1. The maximum absolute atomic E-state index is 5.65. The summed E-state index contributed by atoms with van der Waals surface area (Å²) < 4.78 is 7.58. The Morgan fingerprint density at radius 2 is 1.82 bits per heavy atom. The highest BCUT2D eigenvalue weighted by molar-refractivity contribution is 5.37. The van der Waals surface area contributed by atoms with E-state index in [1.807, 2.05) is 35.4 Å². The van der Waals surface area contributed by atoms with E-state index in [0.717, 1.165) is 42.9 Å². The van der Waals surface area contributed by atoms with Crippen LogP contribution >= 0.6 is 0 Å². The van der Waals surface area contributed by atoms with Gasteiger partial charge in [-0.25, -0.2) is 0 Å². The normalized spacial score (nSPS) is 17.9. The van der Waals surface area contributed by atoms with Gasteiger partial charge >= 0.3 is 0 Å². The van der Waals surface area contributed by atoms with Gasteiger partial charge < -0.3 is 10.1 Å². The fourth-order valence-corrected chi connectivity index (χ4v) is 5.40. The molecule has 0 aliphatic carbocycles. The van der Waals surface area contributed by atoms with Crippen molar-refractivity contribution in [3.63, 3.8) is 0 Å².